The summed E-state index contributed by atoms with van der Waals surface area (Å²) in [7, 11) is 0. The van der Waals surface area contributed by atoms with Crippen LogP contribution in [0.4, 0.5) is 4.39 Å². The van der Waals surface area contributed by atoms with Crippen molar-refractivity contribution in [1.29, 1.82) is 0 Å². The number of nitrogens with two attached hydrogens (primary N) is 1. The van der Waals surface area contributed by atoms with Crippen molar-refractivity contribution in [2.24, 2.45) is 0 Å². The Labute approximate surface area is 149 Å². The third-order valence-corrected chi connectivity index (χ3v) is 4.92. The molecule has 3 rings (SSSR count). The van der Waals surface area contributed by atoms with Gasteiger partial charge in [-0.1, -0.05) is 18.2 Å². The van der Waals surface area contributed by atoms with Crippen LogP contribution in [0.5, 0.6) is 0 Å². The molecule has 3 aromatic rings. The fourth-order valence-electron chi connectivity index (χ4n) is 2.60. The van der Waals surface area contributed by atoms with Crippen molar-refractivity contribution < 1.29 is 18.9 Å². The number of benzene rings is 1. The predicted molar refractivity (Wildman–Crippen MR) is 94.6 cm³/mol. The van der Waals surface area contributed by atoms with Crippen molar-refractivity contribution in [3.8, 4) is 0 Å². The van der Waals surface area contributed by atoms with Gasteiger partial charge in [-0.25, -0.2) is 4.39 Å². The van der Waals surface area contributed by atoms with Gasteiger partial charge >= 0.3 is 0 Å². The first-order chi connectivity index (χ1) is 12.1. The van der Waals surface area contributed by atoms with E-state index >= 15 is 0 Å². The summed E-state index contributed by atoms with van der Waals surface area (Å²) in [6.07, 6.45) is 1.63. The molecular formula is C19H20FN2O2S+. The Kier molecular flexibility index (Phi) is 5.63. The van der Waals surface area contributed by atoms with Crippen LogP contribution in [0.25, 0.3) is 0 Å². The second-order valence-electron chi connectivity index (χ2n) is 5.81. The van der Waals surface area contributed by atoms with Crippen LogP contribution >= 0.6 is 11.3 Å². The second kappa shape index (κ2) is 8.09. The topological polar surface area (TPSA) is 58.9 Å². The van der Waals surface area contributed by atoms with E-state index in [0.717, 1.165) is 16.2 Å². The lowest BCUT2D eigenvalue weighted by Crippen LogP contribution is -2.87. The molecule has 0 fully saturated rings. The average Bonchev–Trinajstić information content (AvgIpc) is 3.31. The normalized spacial score (nSPS) is 13.4. The molecule has 1 amide bonds. The van der Waals surface area contributed by atoms with Crippen LogP contribution in [0.3, 0.4) is 0 Å². The van der Waals surface area contributed by atoms with E-state index in [2.05, 4.69) is 5.32 Å². The smallest absolute Gasteiger partial charge is 0.275 e. The molecule has 0 saturated carbocycles. The predicted octanol–water partition coefficient (Wildman–Crippen LogP) is 3.01. The van der Waals surface area contributed by atoms with Gasteiger partial charge in [0.05, 0.1) is 12.3 Å². The van der Waals surface area contributed by atoms with E-state index < -0.39 is 0 Å². The lowest BCUT2D eigenvalue weighted by atomic mass is 10.1. The summed E-state index contributed by atoms with van der Waals surface area (Å²) in [4.78, 5) is 13.4. The van der Waals surface area contributed by atoms with E-state index in [1.54, 1.807) is 29.7 Å². The van der Waals surface area contributed by atoms with Crippen molar-refractivity contribution >= 4 is 17.2 Å². The molecule has 1 aromatic carbocycles. The maximum Gasteiger partial charge on any atom is 0.275 e. The number of nitrogens with one attached hydrogen (secondary N) is 1. The number of amides is 1. The van der Waals surface area contributed by atoms with Crippen molar-refractivity contribution in [1.82, 2.24) is 5.32 Å². The maximum absolute atomic E-state index is 13.2. The third kappa shape index (κ3) is 4.55. The molecule has 0 aliphatic heterocycles. The van der Waals surface area contributed by atoms with Crippen molar-refractivity contribution in [2.45, 2.75) is 19.0 Å². The number of halogens is 1. The number of carbonyl (C=O) groups excluding carboxylic acids is 1. The average molecular weight is 359 g/mol. The fourth-order valence-corrected chi connectivity index (χ4v) is 3.40. The summed E-state index contributed by atoms with van der Waals surface area (Å²) >= 11 is 1.56. The first-order valence-electron chi connectivity index (χ1n) is 8.08. The van der Waals surface area contributed by atoms with Gasteiger partial charge in [-0.2, -0.15) is 0 Å². The van der Waals surface area contributed by atoms with E-state index in [1.165, 1.54) is 12.1 Å². The highest BCUT2D eigenvalue weighted by Gasteiger charge is 2.20. The van der Waals surface area contributed by atoms with Crippen LogP contribution in [0.15, 0.2) is 64.6 Å². The standard InChI is InChI=1S/C19H19FN2O2S/c1-13(16-4-2-10-24-16)21-12-18(23)22-19(17-5-3-11-25-17)14-6-8-15(20)9-7-14/h2-11,13,19,21H,12H2,1H3,(H,22,23)/p+1/t13-,19+/m0/s1. The Balaban J connectivity index is 1.66. The minimum Gasteiger partial charge on any atom is -0.463 e. The highest BCUT2D eigenvalue weighted by atomic mass is 32.1. The SMILES string of the molecule is C[C@H]([NH2+]CC(=O)N[C@H](c1ccc(F)cc1)c1cccs1)c1ccco1. The van der Waals surface area contributed by atoms with Gasteiger partial charge in [0.2, 0.25) is 0 Å². The van der Waals surface area contributed by atoms with Gasteiger partial charge in [0, 0.05) is 4.88 Å². The Hall–Kier alpha value is -2.44. The molecule has 6 heteroatoms. The zero-order valence-electron chi connectivity index (χ0n) is 13.8. The number of carbonyl (C=O) groups is 1. The first-order valence-corrected chi connectivity index (χ1v) is 8.96. The van der Waals surface area contributed by atoms with Gasteiger partial charge in [-0.05, 0) is 48.2 Å². The van der Waals surface area contributed by atoms with Gasteiger partial charge in [-0.15, -0.1) is 11.3 Å². The number of rotatable bonds is 7. The Morgan fingerprint density at radius 3 is 2.68 bits per heavy atom. The van der Waals surface area contributed by atoms with Gasteiger partial charge in [-0.3, -0.25) is 4.79 Å². The maximum atomic E-state index is 13.2. The summed E-state index contributed by atoms with van der Waals surface area (Å²) < 4.78 is 18.6. The summed E-state index contributed by atoms with van der Waals surface area (Å²) in [5.74, 6) is 0.461. The molecule has 0 saturated heterocycles. The summed E-state index contributed by atoms with van der Waals surface area (Å²) in [5.41, 5.74) is 0.858. The zero-order valence-corrected chi connectivity index (χ0v) is 14.6. The molecule has 4 nitrogen and oxygen atoms in total. The first kappa shape index (κ1) is 17.4. The lowest BCUT2D eigenvalue weighted by Gasteiger charge is -2.18. The largest absolute Gasteiger partial charge is 0.463 e. The highest BCUT2D eigenvalue weighted by Crippen LogP contribution is 2.26. The Bertz CT molecular complexity index is 785. The van der Waals surface area contributed by atoms with Crippen LogP contribution in [-0.2, 0) is 4.79 Å². The molecule has 130 valence electrons. The molecule has 2 atom stereocenters. The van der Waals surface area contributed by atoms with Crippen molar-refractivity contribution in [3.63, 3.8) is 0 Å². The van der Waals surface area contributed by atoms with Gasteiger partial charge in [0.25, 0.3) is 5.91 Å². The molecule has 3 N–H and O–H groups in total. The van der Waals surface area contributed by atoms with E-state index in [9.17, 15) is 9.18 Å². The molecule has 0 bridgehead atoms. The number of quaternary nitrogens is 1. The van der Waals surface area contributed by atoms with E-state index in [4.69, 9.17) is 4.42 Å². The van der Waals surface area contributed by atoms with Gasteiger partial charge in [0.15, 0.2) is 12.3 Å². The molecular weight excluding hydrogens is 339 g/mol. The number of hydrogen-bond acceptors (Lipinski definition) is 3. The summed E-state index contributed by atoms with van der Waals surface area (Å²) in [6, 6.07) is 13.6. The van der Waals surface area contributed by atoms with Crippen molar-refractivity contribution in [2.75, 3.05) is 6.54 Å². The quantitative estimate of drug-likeness (QED) is 0.681. The van der Waals surface area contributed by atoms with E-state index in [-0.39, 0.29) is 30.4 Å². The Morgan fingerprint density at radius 2 is 2.04 bits per heavy atom. The minimum atomic E-state index is -0.291. The number of furan rings is 1. The fraction of sp³-hybridized carbons (Fsp3) is 0.211. The van der Waals surface area contributed by atoms with Crippen molar-refractivity contribution in [3.05, 3.63) is 82.2 Å². The Morgan fingerprint density at radius 1 is 1.24 bits per heavy atom. The molecule has 0 aliphatic rings. The van der Waals surface area contributed by atoms with Crippen LogP contribution in [-0.4, -0.2) is 12.5 Å². The monoisotopic (exact) mass is 359 g/mol. The summed E-state index contributed by atoms with van der Waals surface area (Å²) in [6.45, 7) is 2.27. The van der Waals surface area contributed by atoms with E-state index in [1.807, 2.05) is 41.9 Å². The van der Waals surface area contributed by atoms with E-state index in [0.29, 0.717) is 0 Å². The summed E-state index contributed by atoms with van der Waals surface area (Å²) in [5, 5.41) is 6.93. The number of hydrogen-bond donors (Lipinski definition) is 2. The van der Waals surface area contributed by atoms with Crippen LogP contribution in [0, 0.1) is 5.82 Å². The van der Waals surface area contributed by atoms with Crippen LogP contribution in [0.1, 0.15) is 35.2 Å². The third-order valence-electron chi connectivity index (χ3n) is 3.99. The minimum absolute atomic E-state index is 0.0618. The second-order valence-corrected chi connectivity index (χ2v) is 6.79. The molecule has 25 heavy (non-hydrogen) atoms. The molecule has 0 aliphatic carbocycles. The van der Waals surface area contributed by atoms with Crippen LogP contribution in [0.2, 0.25) is 0 Å². The van der Waals surface area contributed by atoms with Gasteiger partial charge in [0.1, 0.15) is 11.9 Å². The van der Waals surface area contributed by atoms with Crippen LogP contribution < -0.4 is 10.6 Å². The lowest BCUT2D eigenvalue weighted by molar-refractivity contribution is -0.684. The molecule has 0 unspecified atom stereocenters. The zero-order chi connectivity index (χ0) is 17.6. The molecule has 2 heterocycles. The molecule has 0 radical (unpaired) electrons. The van der Waals surface area contributed by atoms with Gasteiger partial charge < -0.3 is 15.1 Å². The molecule has 0 spiro atoms. The highest BCUT2D eigenvalue weighted by molar-refractivity contribution is 7.10. The molecule has 2 aromatic heterocycles. The number of thiophene rings is 1.